The summed E-state index contributed by atoms with van der Waals surface area (Å²) in [5, 5.41) is 9.13. The standard InChI is InChI=1S/2C14H18O.C8H14O/c2*1-2-5-9-13(10-6-3-1)15-14-11-7-4-8-12-14;9-8-6-4-2-1-3-5-7-8/h2*4-5,7-9,11-13H,1-3,6,10H2;4,6,8-9H,1-3,5,7H2/b9-5+;9-5-;6-4-. The van der Waals surface area contributed by atoms with E-state index >= 15 is 0 Å². The molecule has 3 nitrogen and oxygen atoms in total. The van der Waals surface area contributed by atoms with Crippen molar-refractivity contribution in [2.24, 2.45) is 0 Å². The number of rotatable bonds is 4. The summed E-state index contributed by atoms with van der Waals surface area (Å²) in [5.41, 5.74) is 0. The van der Waals surface area contributed by atoms with Crippen LogP contribution in [0.5, 0.6) is 11.5 Å². The molecule has 2 aromatic carbocycles. The normalized spacial score (nSPS) is 25.9. The first-order chi connectivity index (χ1) is 19.3. The Morgan fingerprint density at radius 1 is 0.462 bits per heavy atom. The Kier molecular flexibility index (Phi) is 15.9. The fourth-order valence-electron chi connectivity index (χ4n) is 4.94. The molecule has 0 amide bonds. The first-order valence-corrected chi connectivity index (χ1v) is 15.4. The van der Waals surface area contributed by atoms with Crippen LogP contribution in [0.4, 0.5) is 0 Å². The van der Waals surface area contributed by atoms with E-state index in [-0.39, 0.29) is 18.3 Å². The fraction of sp³-hybridized carbons (Fsp3) is 0.500. The molecular weight excluding hydrogens is 480 g/mol. The van der Waals surface area contributed by atoms with Crippen LogP contribution in [0, 0.1) is 0 Å². The van der Waals surface area contributed by atoms with E-state index in [0.717, 1.165) is 37.2 Å². The molecule has 212 valence electrons. The maximum atomic E-state index is 9.13. The van der Waals surface area contributed by atoms with Crippen molar-refractivity contribution in [1.29, 1.82) is 0 Å². The zero-order valence-electron chi connectivity index (χ0n) is 23.8. The molecule has 3 atom stereocenters. The lowest BCUT2D eigenvalue weighted by Gasteiger charge is -2.17. The molecule has 5 rings (SSSR count). The lowest BCUT2D eigenvalue weighted by Crippen LogP contribution is -2.14. The molecule has 2 aromatic rings. The summed E-state index contributed by atoms with van der Waals surface area (Å²) in [5.74, 6) is 1.96. The maximum absolute atomic E-state index is 9.13. The molecule has 0 heterocycles. The van der Waals surface area contributed by atoms with E-state index in [1.807, 2.05) is 66.7 Å². The zero-order chi connectivity index (χ0) is 27.2. The number of allylic oxidation sites excluding steroid dienone is 3. The number of benzene rings is 2. The molecule has 0 aromatic heterocycles. The van der Waals surface area contributed by atoms with Gasteiger partial charge in [0, 0.05) is 0 Å². The van der Waals surface area contributed by atoms with Gasteiger partial charge in [0.1, 0.15) is 23.7 Å². The quantitative estimate of drug-likeness (QED) is 0.400. The van der Waals surface area contributed by atoms with Crippen LogP contribution >= 0.6 is 0 Å². The van der Waals surface area contributed by atoms with Crippen LogP contribution in [0.3, 0.4) is 0 Å². The van der Waals surface area contributed by atoms with E-state index in [4.69, 9.17) is 14.6 Å². The highest BCUT2D eigenvalue weighted by atomic mass is 16.5. The van der Waals surface area contributed by atoms with Gasteiger partial charge in [-0.3, -0.25) is 0 Å². The van der Waals surface area contributed by atoms with Gasteiger partial charge in [0.05, 0.1) is 6.10 Å². The fourth-order valence-corrected chi connectivity index (χ4v) is 4.94. The Balaban J connectivity index is 0.000000167. The lowest BCUT2D eigenvalue weighted by molar-refractivity contribution is 0.206. The third-order valence-electron chi connectivity index (χ3n) is 7.21. The van der Waals surface area contributed by atoms with Gasteiger partial charge in [-0.25, -0.2) is 0 Å². The summed E-state index contributed by atoms with van der Waals surface area (Å²) in [4.78, 5) is 0. The molecule has 0 fully saturated rings. The SMILES string of the molecule is C1=C/C(Oc2ccccc2)CCCCC/1.C1=C\C(Oc2ccccc2)CCCCC/1.OC1/C=C\CCCCC1. The second kappa shape index (κ2) is 20.2. The van der Waals surface area contributed by atoms with Gasteiger partial charge >= 0.3 is 0 Å². The summed E-state index contributed by atoms with van der Waals surface area (Å²) >= 11 is 0. The Morgan fingerprint density at radius 2 is 0.872 bits per heavy atom. The van der Waals surface area contributed by atoms with E-state index in [9.17, 15) is 0 Å². The minimum absolute atomic E-state index is 0.162. The monoisotopic (exact) mass is 530 g/mol. The van der Waals surface area contributed by atoms with Gasteiger partial charge in [0.15, 0.2) is 0 Å². The summed E-state index contributed by atoms with van der Waals surface area (Å²) in [6.07, 6.45) is 31.8. The molecular formula is C36H50O3. The van der Waals surface area contributed by atoms with Crippen molar-refractivity contribution >= 4 is 0 Å². The average Bonchev–Trinajstić information content (AvgIpc) is 2.91. The minimum Gasteiger partial charge on any atom is -0.486 e. The van der Waals surface area contributed by atoms with Crippen LogP contribution in [-0.4, -0.2) is 23.4 Å². The number of para-hydroxylation sites is 2. The van der Waals surface area contributed by atoms with Crippen LogP contribution in [-0.2, 0) is 0 Å². The molecule has 3 heteroatoms. The van der Waals surface area contributed by atoms with Crippen LogP contribution in [0.15, 0.2) is 97.1 Å². The van der Waals surface area contributed by atoms with Crippen molar-refractivity contribution < 1.29 is 14.6 Å². The van der Waals surface area contributed by atoms with E-state index in [0.29, 0.717) is 0 Å². The van der Waals surface area contributed by atoms with E-state index in [1.54, 1.807) is 0 Å². The predicted octanol–water partition coefficient (Wildman–Crippen LogP) is 9.78. The Bertz CT molecular complexity index is 869. The number of aliphatic hydroxyl groups is 1. The van der Waals surface area contributed by atoms with E-state index < -0.39 is 0 Å². The summed E-state index contributed by atoms with van der Waals surface area (Å²) in [7, 11) is 0. The van der Waals surface area contributed by atoms with Gasteiger partial charge in [-0.2, -0.15) is 0 Å². The third kappa shape index (κ3) is 14.8. The molecule has 0 bridgehead atoms. The Morgan fingerprint density at radius 3 is 1.33 bits per heavy atom. The molecule has 3 aliphatic carbocycles. The van der Waals surface area contributed by atoms with Crippen LogP contribution in [0.1, 0.15) is 96.3 Å². The van der Waals surface area contributed by atoms with Crippen molar-refractivity contribution in [2.75, 3.05) is 0 Å². The summed E-state index contributed by atoms with van der Waals surface area (Å²) < 4.78 is 11.8. The van der Waals surface area contributed by atoms with Crippen molar-refractivity contribution in [1.82, 2.24) is 0 Å². The Labute approximate surface area is 237 Å². The van der Waals surface area contributed by atoms with Crippen LogP contribution < -0.4 is 9.47 Å². The number of ether oxygens (including phenoxy) is 2. The van der Waals surface area contributed by atoms with Gasteiger partial charge in [-0.05, 0) is 107 Å². The molecule has 1 N–H and O–H groups in total. The average molecular weight is 531 g/mol. The molecule has 3 unspecified atom stereocenters. The maximum Gasteiger partial charge on any atom is 0.120 e. The molecule has 39 heavy (non-hydrogen) atoms. The second-order valence-corrected chi connectivity index (χ2v) is 10.7. The van der Waals surface area contributed by atoms with Gasteiger partial charge in [-0.1, -0.05) is 86.4 Å². The molecule has 0 saturated heterocycles. The van der Waals surface area contributed by atoms with Gasteiger partial charge in [0.25, 0.3) is 0 Å². The number of hydrogen-bond acceptors (Lipinski definition) is 3. The van der Waals surface area contributed by atoms with Gasteiger partial charge in [0.2, 0.25) is 0 Å². The number of aliphatic hydroxyl groups excluding tert-OH is 1. The number of hydrogen-bond donors (Lipinski definition) is 1. The Hall–Kier alpha value is -2.78. The highest BCUT2D eigenvalue weighted by molar-refractivity contribution is 5.22. The molecule has 0 aliphatic heterocycles. The van der Waals surface area contributed by atoms with Crippen molar-refractivity contribution in [3.63, 3.8) is 0 Å². The van der Waals surface area contributed by atoms with Crippen LogP contribution in [0.25, 0.3) is 0 Å². The predicted molar refractivity (Wildman–Crippen MR) is 164 cm³/mol. The van der Waals surface area contributed by atoms with Crippen molar-refractivity contribution in [3.8, 4) is 11.5 Å². The minimum atomic E-state index is -0.162. The summed E-state index contributed by atoms with van der Waals surface area (Å²) in [6, 6.07) is 20.2. The molecule has 0 saturated carbocycles. The molecule has 0 radical (unpaired) electrons. The summed E-state index contributed by atoms with van der Waals surface area (Å²) in [6.45, 7) is 0. The first-order valence-electron chi connectivity index (χ1n) is 15.4. The zero-order valence-corrected chi connectivity index (χ0v) is 23.8. The highest BCUT2D eigenvalue weighted by Crippen LogP contribution is 2.19. The van der Waals surface area contributed by atoms with Gasteiger partial charge < -0.3 is 14.6 Å². The van der Waals surface area contributed by atoms with Crippen molar-refractivity contribution in [3.05, 3.63) is 97.1 Å². The van der Waals surface area contributed by atoms with E-state index in [2.05, 4.69) is 30.4 Å². The largest absolute Gasteiger partial charge is 0.486 e. The van der Waals surface area contributed by atoms with E-state index in [1.165, 1.54) is 70.6 Å². The van der Waals surface area contributed by atoms with Crippen molar-refractivity contribution in [2.45, 2.75) is 115 Å². The third-order valence-corrected chi connectivity index (χ3v) is 7.21. The second-order valence-electron chi connectivity index (χ2n) is 10.7. The topological polar surface area (TPSA) is 38.7 Å². The smallest absolute Gasteiger partial charge is 0.120 e. The first kappa shape index (κ1) is 30.8. The van der Waals surface area contributed by atoms with Crippen LogP contribution in [0.2, 0.25) is 0 Å². The lowest BCUT2D eigenvalue weighted by atomic mass is 10.0. The molecule has 0 spiro atoms. The highest BCUT2D eigenvalue weighted by Gasteiger charge is 2.09. The van der Waals surface area contributed by atoms with Gasteiger partial charge in [-0.15, -0.1) is 0 Å². The molecule has 3 aliphatic rings.